The summed E-state index contributed by atoms with van der Waals surface area (Å²) in [5.74, 6) is -20.3. The van der Waals surface area contributed by atoms with E-state index in [4.69, 9.17) is 37.7 Å². The SMILES string of the molecule is C.C.C[C@H](C[C@H](C)Oc1cc(F)c(F)c(F)c1Br)Oc1cc(F)c(F)c(F)c1Br.Cc1cc(-c2cc(-c3ccccc3)cc(-c3ccccc3)c2)c(O)c(-c2c(O[C@H](C)C[C@H](C)Oc3cc(F)c(F)c(F)c3-c3cc(C)cc(-c4cc(-c5ccccc5)cc(-c5ccccc5)c4)c3O)cc(F)c(F)c2F)c1.Cc1cc(B2OC(C)(C)C(C)(C)O2)c(OC2CCCCO2)c(-c2cc(-c3ccccc3)cc(-c3ccccc3)c2)c1. The monoisotopic (exact) mass is 2130 g/mol. The fourth-order valence-electron chi connectivity index (χ4n) is 17.8. The van der Waals surface area contributed by atoms with E-state index >= 15 is 26.3 Å². The Labute approximate surface area is 866 Å². The van der Waals surface area contributed by atoms with E-state index in [0.29, 0.717) is 64.3 Å². The van der Waals surface area contributed by atoms with Gasteiger partial charge in [-0.3, -0.25) is 0 Å². The molecule has 2 fully saturated rings. The van der Waals surface area contributed by atoms with Gasteiger partial charge in [-0.15, -0.1) is 0 Å². The first kappa shape index (κ1) is 109. The summed E-state index contributed by atoms with van der Waals surface area (Å²) in [7, 11) is -0.553. The smallest absolute Gasteiger partial charge is 0.498 e. The first-order chi connectivity index (χ1) is 69.3. The largest absolute Gasteiger partial charge is 0.507 e. The zero-order chi connectivity index (χ0) is 103. The predicted octanol–water partition coefficient (Wildman–Crippen LogP) is 34.7. The van der Waals surface area contributed by atoms with E-state index in [2.05, 4.69) is 157 Å². The van der Waals surface area contributed by atoms with Gasteiger partial charge in [0.15, 0.2) is 76.1 Å². The van der Waals surface area contributed by atoms with E-state index in [0.717, 1.165) is 103 Å². The molecule has 1 unspecified atom stereocenters. The highest BCUT2D eigenvalue weighted by atomic mass is 79.9. The Kier molecular flexibility index (Phi) is 34.8. The molecular weight excluding hydrogens is 2020 g/mol. The van der Waals surface area contributed by atoms with Crippen LogP contribution in [0.5, 0.6) is 40.2 Å². The van der Waals surface area contributed by atoms with Crippen molar-refractivity contribution in [3.8, 4) is 163 Å². The van der Waals surface area contributed by atoms with Gasteiger partial charge in [-0.2, -0.15) is 0 Å². The zero-order valence-corrected chi connectivity index (χ0v) is 84.1. The topological polar surface area (TPSA) is 114 Å². The minimum Gasteiger partial charge on any atom is -0.507 e. The Hall–Kier alpha value is -13.8. The summed E-state index contributed by atoms with van der Waals surface area (Å²) in [5.41, 5.74) is 16.2. The molecule has 0 aliphatic carbocycles. The fourth-order valence-corrected chi connectivity index (χ4v) is 18.6. The van der Waals surface area contributed by atoms with Crippen molar-refractivity contribution in [1.29, 1.82) is 0 Å². The molecule has 2 aliphatic rings. The van der Waals surface area contributed by atoms with Gasteiger partial charge in [-0.25, -0.2) is 52.7 Å². The van der Waals surface area contributed by atoms with E-state index in [1.54, 1.807) is 53.7 Å². The van der Waals surface area contributed by atoms with Gasteiger partial charge in [0.1, 0.15) is 40.2 Å². The number of phenolic OH excluding ortho intramolecular Hbond substituents is 2. The molecule has 16 aromatic rings. The van der Waals surface area contributed by atoms with E-state index in [9.17, 15) is 36.6 Å². The molecular formula is C122H109BBr2F12O10. The maximum Gasteiger partial charge on any atom is 0.498 e. The molecule has 10 nitrogen and oxygen atoms in total. The van der Waals surface area contributed by atoms with Crippen LogP contribution in [0.1, 0.15) is 119 Å². The lowest BCUT2D eigenvalue weighted by molar-refractivity contribution is -0.105. The molecule has 25 heteroatoms. The zero-order valence-electron chi connectivity index (χ0n) is 80.9. The highest BCUT2D eigenvalue weighted by molar-refractivity contribution is 9.11. The molecule has 2 heterocycles. The quantitative estimate of drug-likeness (QED) is 0.0235. The Balaban J connectivity index is 0.000000202. The molecule has 18 rings (SSSR count). The number of phenols is 2. The van der Waals surface area contributed by atoms with E-state index in [-0.39, 0.29) is 65.6 Å². The summed E-state index contributed by atoms with van der Waals surface area (Å²) in [5, 5.41) is 24.3. The molecule has 0 aromatic heterocycles. The van der Waals surface area contributed by atoms with Crippen LogP contribution in [-0.2, 0) is 14.0 Å². The molecule has 2 saturated heterocycles. The number of halogens is 14. The average molecular weight is 2130 g/mol. The standard InChI is InChI=1S/C67H50F6O4.C36H39BO4.C17H12Br2F6O2.2CH4/c1-38-25-52(50-32-46(42-17-9-5-10-18-42)30-47(33-50)43-19-11-6-12-20-43)66(74)54(27-38)60-58(36-56(68)62(70)64(60)72)76-40(3)29-41(4)77-59-37-57(69)63(71)65(73)61(59)55-28-39(2)26-53(67(55)75)51-34-48(44-21-13-7-14-22-44)31-49(35-51)45-23-15-8-16-24-45;1-25-20-31(30-23-28(26-14-8-6-9-15-26)22-29(24-30)27-16-10-7-11-17-27)34(39-33-18-12-13-19-38-33)32(21-25)37-40-35(2,3)36(4,5)41-37;1-6(26-10-4-8(20)14(22)16(24)12(10)18)3-7(2)27-11-5-9(21)15(23)17(25)13(11)19;;/h5-28,30-37,40-41,74-75H,29H2,1-4H3;6-11,14-17,20-24,33H,12-13,18-19H2,1-5H3;4-7H,3H2,1-2H3;2*1H4/t40-,41+;;6-,7+;;. The third-order valence-corrected chi connectivity index (χ3v) is 27.1. The summed E-state index contributed by atoms with van der Waals surface area (Å²) in [6, 6.07) is 91.5. The summed E-state index contributed by atoms with van der Waals surface area (Å²) in [6.07, 6.45) is -0.632. The van der Waals surface area contributed by atoms with Crippen molar-refractivity contribution < 1.29 is 101 Å². The summed E-state index contributed by atoms with van der Waals surface area (Å²) in [6.45, 7) is 20.8. The van der Waals surface area contributed by atoms with Crippen LogP contribution in [0.15, 0.2) is 306 Å². The van der Waals surface area contributed by atoms with Gasteiger partial charge < -0.3 is 47.9 Å². The maximum atomic E-state index is 16.4. The highest BCUT2D eigenvalue weighted by Crippen LogP contribution is 2.52. The average Bonchev–Trinajstić information content (AvgIpc) is 1.56. The van der Waals surface area contributed by atoms with Crippen LogP contribution in [0.2, 0.25) is 0 Å². The number of hydrogen-bond acceptors (Lipinski definition) is 10. The molecule has 0 radical (unpaired) electrons. The minimum absolute atomic E-state index is 0. The molecule has 758 valence electrons. The second-order valence-electron chi connectivity index (χ2n) is 37.2. The molecule has 0 saturated carbocycles. The van der Waals surface area contributed by atoms with Crippen molar-refractivity contribution in [2.45, 2.75) is 165 Å². The van der Waals surface area contributed by atoms with Crippen LogP contribution in [0.4, 0.5) is 52.7 Å². The van der Waals surface area contributed by atoms with Gasteiger partial charge in [-0.05, 0) is 300 Å². The molecule has 147 heavy (non-hydrogen) atoms. The fraction of sp³-hybridized carbons (Fsp3) is 0.213. The number of ether oxygens (including phenoxy) is 6. The number of aryl methyl sites for hydroxylation is 3. The van der Waals surface area contributed by atoms with Gasteiger partial charge in [0.05, 0.1) is 62.3 Å². The first-order valence-corrected chi connectivity index (χ1v) is 48.9. The van der Waals surface area contributed by atoms with Crippen LogP contribution >= 0.6 is 31.9 Å². The molecule has 2 N–H and O–H groups in total. The van der Waals surface area contributed by atoms with Crippen molar-refractivity contribution in [3.63, 3.8) is 0 Å². The molecule has 0 amide bonds. The van der Waals surface area contributed by atoms with Crippen LogP contribution in [0.25, 0.3) is 122 Å². The lowest BCUT2D eigenvalue weighted by Crippen LogP contribution is -2.41. The Bertz CT molecular complexity index is 6910. The lowest BCUT2D eigenvalue weighted by atomic mass is 9.75. The minimum atomic E-state index is -1.78. The second-order valence-corrected chi connectivity index (χ2v) is 38.8. The van der Waals surface area contributed by atoms with Crippen LogP contribution in [0, 0.1) is 90.6 Å². The third kappa shape index (κ3) is 24.7. The summed E-state index contributed by atoms with van der Waals surface area (Å²) in [4.78, 5) is 0. The maximum absolute atomic E-state index is 16.4. The highest BCUT2D eigenvalue weighted by Gasteiger charge is 2.53. The van der Waals surface area contributed by atoms with Crippen LogP contribution in [0.3, 0.4) is 0 Å². The predicted molar refractivity (Wildman–Crippen MR) is 567 cm³/mol. The molecule has 16 aromatic carbocycles. The van der Waals surface area contributed by atoms with Crippen LogP contribution in [-0.4, -0.2) is 65.8 Å². The third-order valence-electron chi connectivity index (χ3n) is 25.6. The lowest BCUT2D eigenvalue weighted by Gasteiger charge is -2.32. The first-order valence-electron chi connectivity index (χ1n) is 47.3. The van der Waals surface area contributed by atoms with Crippen molar-refractivity contribution in [2.24, 2.45) is 0 Å². The van der Waals surface area contributed by atoms with Crippen LogP contribution < -0.4 is 29.1 Å². The van der Waals surface area contributed by atoms with Gasteiger partial charge in [0.2, 0.25) is 0 Å². The summed E-state index contributed by atoms with van der Waals surface area (Å²) >= 11 is 5.57. The normalized spacial score (nSPS) is 14.3. The van der Waals surface area contributed by atoms with Gasteiger partial charge >= 0.3 is 7.12 Å². The Morgan fingerprint density at radius 2 is 0.578 bits per heavy atom. The van der Waals surface area contributed by atoms with Crippen molar-refractivity contribution >= 4 is 44.4 Å². The van der Waals surface area contributed by atoms with Gasteiger partial charge in [0.25, 0.3) is 0 Å². The summed E-state index contributed by atoms with van der Waals surface area (Å²) < 4.78 is 222. The Morgan fingerprint density at radius 1 is 0.320 bits per heavy atom. The second kappa shape index (κ2) is 46.9. The van der Waals surface area contributed by atoms with E-state index in [1.165, 1.54) is 23.3 Å². The van der Waals surface area contributed by atoms with Crippen molar-refractivity contribution in [3.05, 3.63) is 393 Å². The number of rotatable bonds is 26. The number of aromatic hydroxyl groups is 2. The molecule has 5 atom stereocenters. The molecule has 0 bridgehead atoms. The van der Waals surface area contributed by atoms with Crippen molar-refractivity contribution in [2.75, 3.05) is 6.61 Å². The van der Waals surface area contributed by atoms with E-state index < -0.39 is 147 Å². The van der Waals surface area contributed by atoms with Gasteiger partial charge in [-0.1, -0.05) is 208 Å². The van der Waals surface area contributed by atoms with E-state index in [1.807, 2.05) is 158 Å². The molecule has 0 spiro atoms. The molecule has 2 aliphatic heterocycles. The number of benzene rings is 16. The Morgan fingerprint density at radius 3 is 0.878 bits per heavy atom. The number of hydrogen-bond donors (Lipinski definition) is 2. The van der Waals surface area contributed by atoms with Crippen molar-refractivity contribution in [1.82, 2.24) is 0 Å². The van der Waals surface area contributed by atoms with Gasteiger partial charge in [0, 0.05) is 76.8 Å².